The predicted molar refractivity (Wildman–Crippen MR) is 159 cm³/mol. The summed E-state index contributed by atoms with van der Waals surface area (Å²) in [4.78, 5) is 55.1. The number of nitrogens with zero attached hydrogens (tertiary/aromatic N) is 1. The van der Waals surface area contributed by atoms with Gasteiger partial charge < -0.3 is 49.1 Å². The zero-order valence-electron chi connectivity index (χ0n) is 23.4. The number of hydrogen-bond donors (Lipinski definition) is 9. The lowest BCUT2D eigenvalue weighted by Gasteiger charge is -2.25. The van der Waals surface area contributed by atoms with E-state index in [9.17, 15) is 29.4 Å². The highest BCUT2D eigenvalue weighted by Crippen LogP contribution is 2.13. The minimum atomic E-state index is -1.20. The molecule has 0 saturated carbocycles. The standard InChI is InChI=1S/C26H44N8O6S/c1-41-14-11-20(25(39)40)33-23(37)19(6-4-13-31-26(29)30)32-24(38)21(15-16-7-9-17(35)10-8-16)34-22(36)18(28)5-2-3-12-27/h7-10,18-21,35H,2-6,11-15,27-28H2,1H3,(H,32,38)(H,33,37)(H,34,36)(H,39,40)(H4,29,30,31). The van der Waals surface area contributed by atoms with Gasteiger partial charge in [-0.25, -0.2) is 4.79 Å². The molecule has 0 aliphatic rings. The second kappa shape index (κ2) is 19.5. The molecule has 0 saturated heterocycles. The molecule has 230 valence electrons. The maximum atomic E-state index is 13.5. The third-order valence-corrected chi connectivity index (χ3v) is 6.76. The summed E-state index contributed by atoms with van der Waals surface area (Å²) in [6.07, 6.45) is 4.17. The molecular formula is C26H44N8O6S. The Bertz CT molecular complexity index is 1010. The van der Waals surface area contributed by atoms with Gasteiger partial charge >= 0.3 is 5.97 Å². The van der Waals surface area contributed by atoms with E-state index in [0.717, 1.165) is 0 Å². The zero-order chi connectivity index (χ0) is 30.8. The summed E-state index contributed by atoms with van der Waals surface area (Å²) in [6.45, 7) is 0.648. The number of phenols is 1. The van der Waals surface area contributed by atoms with Crippen molar-refractivity contribution in [1.29, 1.82) is 0 Å². The molecule has 0 spiro atoms. The molecule has 1 aromatic carbocycles. The van der Waals surface area contributed by atoms with E-state index in [4.69, 9.17) is 22.9 Å². The molecule has 0 aliphatic heterocycles. The van der Waals surface area contributed by atoms with Crippen LogP contribution in [0.25, 0.3) is 0 Å². The van der Waals surface area contributed by atoms with Crippen LogP contribution in [-0.4, -0.2) is 89.1 Å². The monoisotopic (exact) mass is 596 g/mol. The number of carboxylic acids is 1. The Labute approximate surface area is 244 Å². The molecular weight excluding hydrogens is 552 g/mol. The Morgan fingerprint density at radius 1 is 0.878 bits per heavy atom. The van der Waals surface area contributed by atoms with Gasteiger partial charge in [0.1, 0.15) is 23.9 Å². The largest absolute Gasteiger partial charge is 0.508 e. The molecule has 0 fully saturated rings. The first-order chi connectivity index (χ1) is 19.5. The number of nitrogens with two attached hydrogens (primary N) is 4. The second-order valence-corrected chi connectivity index (χ2v) is 10.5. The van der Waals surface area contributed by atoms with Gasteiger partial charge in [-0.2, -0.15) is 11.8 Å². The van der Waals surface area contributed by atoms with Gasteiger partial charge in [0.25, 0.3) is 0 Å². The number of phenolic OH excluding ortho intramolecular Hbond substituents is 1. The molecule has 15 heteroatoms. The molecule has 13 N–H and O–H groups in total. The van der Waals surface area contributed by atoms with Crippen LogP contribution >= 0.6 is 11.8 Å². The lowest BCUT2D eigenvalue weighted by Crippen LogP contribution is -2.57. The minimum Gasteiger partial charge on any atom is -0.508 e. The Kier molecular flexibility index (Phi) is 16.9. The number of carbonyl (C=O) groups excluding carboxylic acids is 3. The van der Waals surface area contributed by atoms with Gasteiger partial charge in [0.05, 0.1) is 6.04 Å². The number of carboxylic acid groups (broad SMARTS) is 1. The van der Waals surface area contributed by atoms with Crippen LogP contribution in [0, 0.1) is 0 Å². The van der Waals surface area contributed by atoms with Crippen LogP contribution in [0.2, 0.25) is 0 Å². The first-order valence-electron chi connectivity index (χ1n) is 13.4. The number of hydrogen-bond acceptors (Lipinski definition) is 9. The fourth-order valence-corrected chi connectivity index (χ4v) is 4.28. The van der Waals surface area contributed by atoms with Gasteiger partial charge in [-0.15, -0.1) is 0 Å². The summed E-state index contributed by atoms with van der Waals surface area (Å²) in [5, 5.41) is 27.0. The molecule has 0 aliphatic carbocycles. The van der Waals surface area contributed by atoms with E-state index in [2.05, 4.69) is 20.9 Å². The fourth-order valence-electron chi connectivity index (χ4n) is 3.81. The molecule has 0 bridgehead atoms. The Morgan fingerprint density at radius 3 is 2.07 bits per heavy atom. The van der Waals surface area contributed by atoms with E-state index in [0.29, 0.717) is 43.5 Å². The molecule has 41 heavy (non-hydrogen) atoms. The first kappa shape index (κ1) is 35.5. The second-order valence-electron chi connectivity index (χ2n) is 9.51. The van der Waals surface area contributed by atoms with Crippen LogP contribution in [0.1, 0.15) is 44.1 Å². The van der Waals surface area contributed by atoms with Crippen molar-refractivity contribution in [3.05, 3.63) is 29.8 Å². The van der Waals surface area contributed by atoms with Gasteiger partial charge in [0, 0.05) is 13.0 Å². The van der Waals surface area contributed by atoms with Gasteiger partial charge in [0.15, 0.2) is 5.96 Å². The van der Waals surface area contributed by atoms with Crippen LogP contribution in [0.4, 0.5) is 0 Å². The highest BCUT2D eigenvalue weighted by atomic mass is 32.2. The van der Waals surface area contributed by atoms with Crippen LogP contribution in [0.3, 0.4) is 0 Å². The number of rotatable bonds is 20. The van der Waals surface area contributed by atoms with Crippen molar-refractivity contribution in [1.82, 2.24) is 16.0 Å². The van der Waals surface area contributed by atoms with E-state index in [-0.39, 0.29) is 37.5 Å². The number of thioether (sulfide) groups is 1. The molecule has 14 nitrogen and oxygen atoms in total. The van der Waals surface area contributed by atoms with Crippen molar-refractivity contribution in [3.8, 4) is 5.75 Å². The van der Waals surface area contributed by atoms with Gasteiger partial charge in [-0.3, -0.25) is 19.4 Å². The summed E-state index contributed by atoms with van der Waals surface area (Å²) in [7, 11) is 0. The third-order valence-electron chi connectivity index (χ3n) is 6.12. The first-order valence-corrected chi connectivity index (χ1v) is 14.8. The zero-order valence-corrected chi connectivity index (χ0v) is 24.2. The summed E-state index contributed by atoms with van der Waals surface area (Å²) in [5.41, 5.74) is 22.9. The summed E-state index contributed by atoms with van der Waals surface area (Å²) in [6, 6.07) is 1.83. The Balaban J connectivity index is 3.14. The van der Waals surface area contributed by atoms with E-state index in [1.165, 1.54) is 23.9 Å². The Morgan fingerprint density at radius 2 is 1.49 bits per heavy atom. The van der Waals surface area contributed by atoms with Crippen LogP contribution in [-0.2, 0) is 25.6 Å². The molecule has 4 unspecified atom stereocenters. The highest BCUT2D eigenvalue weighted by Gasteiger charge is 2.30. The van der Waals surface area contributed by atoms with E-state index >= 15 is 0 Å². The summed E-state index contributed by atoms with van der Waals surface area (Å²) in [5.74, 6) is -2.68. The van der Waals surface area contributed by atoms with Crippen molar-refractivity contribution < 1.29 is 29.4 Å². The average molecular weight is 597 g/mol. The number of guanidine groups is 1. The number of aromatic hydroxyl groups is 1. The van der Waals surface area contributed by atoms with E-state index < -0.39 is 47.9 Å². The lowest BCUT2D eigenvalue weighted by molar-refractivity contribution is -0.142. The topological polar surface area (TPSA) is 261 Å². The minimum absolute atomic E-state index is 0.0349. The van der Waals surface area contributed by atoms with E-state index in [1.54, 1.807) is 12.1 Å². The normalized spacial score (nSPS) is 13.7. The number of aliphatic imine (C=N–C) groups is 1. The predicted octanol–water partition coefficient (Wildman–Crippen LogP) is -1.26. The van der Waals surface area contributed by atoms with Crippen molar-refractivity contribution in [2.75, 3.05) is 25.1 Å². The molecule has 0 heterocycles. The number of aliphatic carboxylic acids is 1. The SMILES string of the molecule is CSCCC(NC(=O)C(CCCN=C(N)N)NC(=O)C(Cc1ccc(O)cc1)NC(=O)C(N)CCCCN)C(=O)O. The molecule has 1 rings (SSSR count). The van der Waals surface area contributed by atoms with Crippen LogP contribution < -0.4 is 38.9 Å². The molecule has 1 aromatic rings. The third kappa shape index (κ3) is 14.6. The lowest BCUT2D eigenvalue weighted by atomic mass is 10.0. The van der Waals surface area contributed by atoms with Crippen molar-refractivity contribution in [2.24, 2.45) is 27.9 Å². The summed E-state index contributed by atoms with van der Waals surface area (Å²) >= 11 is 1.44. The van der Waals surface area contributed by atoms with Crippen molar-refractivity contribution in [3.63, 3.8) is 0 Å². The van der Waals surface area contributed by atoms with Gasteiger partial charge in [-0.1, -0.05) is 18.6 Å². The van der Waals surface area contributed by atoms with Gasteiger partial charge in [0.2, 0.25) is 17.7 Å². The van der Waals surface area contributed by atoms with Crippen molar-refractivity contribution >= 4 is 41.4 Å². The molecule has 0 aromatic heterocycles. The number of carbonyl (C=O) groups is 4. The highest BCUT2D eigenvalue weighted by molar-refractivity contribution is 7.98. The van der Waals surface area contributed by atoms with E-state index in [1.807, 2.05) is 6.26 Å². The smallest absolute Gasteiger partial charge is 0.326 e. The quantitative estimate of drug-likeness (QED) is 0.0487. The number of benzene rings is 1. The number of nitrogens with one attached hydrogen (secondary N) is 3. The maximum absolute atomic E-state index is 13.5. The molecule has 4 atom stereocenters. The van der Waals surface area contributed by atoms with Crippen LogP contribution in [0.15, 0.2) is 29.3 Å². The van der Waals surface area contributed by atoms with Crippen molar-refractivity contribution in [2.45, 2.75) is 69.1 Å². The maximum Gasteiger partial charge on any atom is 0.326 e. The fraction of sp³-hybridized carbons (Fsp3) is 0.577. The number of amides is 3. The van der Waals surface area contributed by atoms with Crippen LogP contribution in [0.5, 0.6) is 5.75 Å². The average Bonchev–Trinajstić information content (AvgIpc) is 2.92. The Hall–Kier alpha value is -3.56. The van der Waals surface area contributed by atoms with Gasteiger partial charge in [-0.05, 0) is 68.4 Å². The molecule has 0 radical (unpaired) electrons. The molecule has 3 amide bonds. The summed E-state index contributed by atoms with van der Waals surface area (Å²) < 4.78 is 0. The number of unbranched alkanes of at least 4 members (excludes halogenated alkanes) is 1.